The summed E-state index contributed by atoms with van der Waals surface area (Å²) in [5.41, 5.74) is 2.63. The van der Waals surface area contributed by atoms with Gasteiger partial charge in [-0.1, -0.05) is 35.3 Å². The predicted octanol–water partition coefficient (Wildman–Crippen LogP) is 4.40. The number of nitrogens with zero attached hydrogens (tertiary/aromatic N) is 1. The molecule has 140 valence electrons. The van der Waals surface area contributed by atoms with Gasteiger partial charge in [-0.3, -0.25) is 9.10 Å². The van der Waals surface area contributed by atoms with Gasteiger partial charge in [-0.2, -0.15) is 0 Å². The van der Waals surface area contributed by atoms with E-state index in [1.807, 2.05) is 19.9 Å². The van der Waals surface area contributed by atoms with Crippen molar-refractivity contribution in [1.29, 1.82) is 0 Å². The van der Waals surface area contributed by atoms with Gasteiger partial charge in [-0.05, 0) is 56.2 Å². The Bertz CT molecular complexity index is 925. The van der Waals surface area contributed by atoms with Gasteiger partial charge in [0.1, 0.15) is 6.04 Å². The molecule has 8 heteroatoms. The molecule has 26 heavy (non-hydrogen) atoms. The summed E-state index contributed by atoms with van der Waals surface area (Å²) >= 11 is 12.1. The smallest absolute Gasteiger partial charge is 0.248 e. The van der Waals surface area contributed by atoms with E-state index < -0.39 is 22.0 Å². The second-order valence-corrected chi connectivity index (χ2v) is 8.76. The molecule has 5 nitrogen and oxygen atoms in total. The van der Waals surface area contributed by atoms with Crippen molar-refractivity contribution in [2.75, 3.05) is 15.9 Å². The van der Waals surface area contributed by atoms with Crippen LogP contribution in [-0.2, 0) is 14.8 Å². The summed E-state index contributed by atoms with van der Waals surface area (Å²) in [6.45, 7) is 5.32. The molecule has 0 bridgehead atoms. The zero-order chi connectivity index (χ0) is 19.6. The number of benzene rings is 2. The molecule has 2 aromatic carbocycles. The molecule has 2 rings (SSSR count). The molecule has 0 heterocycles. The lowest BCUT2D eigenvalue weighted by Gasteiger charge is -2.29. The molecule has 0 spiro atoms. The van der Waals surface area contributed by atoms with Crippen molar-refractivity contribution in [2.24, 2.45) is 0 Å². The Hall–Kier alpha value is -1.76. The number of hydrogen-bond acceptors (Lipinski definition) is 3. The number of hydrogen-bond donors (Lipinski definition) is 1. The highest BCUT2D eigenvalue weighted by Gasteiger charge is 2.30. The third kappa shape index (κ3) is 4.50. The summed E-state index contributed by atoms with van der Waals surface area (Å²) in [5, 5.41) is 3.16. The Kier molecular flexibility index (Phi) is 6.21. The predicted molar refractivity (Wildman–Crippen MR) is 108 cm³/mol. The van der Waals surface area contributed by atoms with Crippen LogP contribution < -0.4 is 9.62 Å². The minimum atomic E-state index is -3.70. The van der Waals surface area contributed by atoms with E-state index in [1.165, 1.54) is 6.92 Å². The summed E-state index contributed by atoms with van der Waals surface area (Å²) in [4.78, 5) is 12.7. The molecule has 0 saturated heterocycles. The first-order chi connectivity index (χ1) is 12.0. The Morgan fingerprint density at radius 3 is 2.15 bits per heavy atom. The summed E-state index contributed by atoms with van der Waals surface area (Å²) in [6.07, 6.45) is 1.06. The Morgan fingerprint density at radius 1 is 1.08 bits per heavy atom. The van der Waals surface area contributed by atoms with Crippen LogP contribution in [0.3, 0.4) is 0 Å². The first kappa shape index (κ1) is 20.6. The molecule has 0 aliphatic heterocycles. The number of para-hydroxylation sites is 1. The summed E-state index contributed by atoms with van der Waals surface area (Å²) in [6, 6.07) is 9.06. The summed E-state index contributed by atoms with van der Waals surface area (Å²) in [7, 11) is -3.70. The number of anilines is 2. The van der Waals surface area contributed by atoms with Crippen LogP contribution in [-0.4, -0.2) is 26.6 Å². The second-order valence-electron chi connectivity index (χ2n) is 6.09. The minimum Gasteiger partial charge on any atom is -0.322 e. The van der Waals surface area contributed by atoms with Gasteiger partial charge in [0.15, 0.2) is 0 Å². The van der Waals surface area contributed by atoms with Gasteiger partial charge in [-0.25, -0.2) is 8.42 Å². The Labute approximate surface area is 164 Å². The van der Waals surface area contributed by atoms with Gasteiger partial charge >= 0.3 is 0 Å². The van der Waals surface area contributed by atoms with Crippen molar-refractivity contribution >= 4 is 50.5 Å². The number of carbonyl (C=O) groups excluding carboxylic acids is 1. The van der Waals surface area contributed by atoms with Crippen LogP contribution in [0.15, 0.2) is 36.4 Å². The number of aryl methyl sites for hydroxylation is 2. The van der Waals surface area contributed by atoms with Crippen LogP contribution in [0.25, 0.3) is 0 Å². The molecule has 1 atom stereocenters. The monoisotopic (exact) mass is 414 g/mol. The number of rotatable bonds is 5. The number of halogens is 2. The summed E-state index contributed by atoms with van der Waals surface area (Å²) in [5.74, 6) is -0.538. The second kappa shape index (κ2) is 7.86. The fraction of sp³-hybridized carbons (Fsp3) is 0.278. The number of nitrogens with one attached hydrogen (secondary N) is 1. The number of amides is 1. The van der Waals surface area contributed by atoms with Crippen LogP contribution in [0.1, 0.15) is 18.1 Å². The highest BCUT2D eigenvalue weighted by molar-refractivity contribution is 7.92. The lowest BCUT2D eigenvalue weighted by Crippen LogP contribution is -2.45. The normalized spacial score (nSPS) is 12.5. The molecular formula is C18H20Cl2N2O3S. The van der Waals surface area contributed by atoms with E-state index >= 15 is 0 Å². The van der Waals surface area contributed by atoms with Crippen molar-refractivity contribution < 1.29 is 13.2 Å². The van der Waals surface area contributed by atoms with Crippen molar-refractivity contribution in [2.45, 2.75) is 26.8 Å². The molecule has 0 unspecified atom stereocenters. The van der Waals surface area contributed by atoms with Crippen molar-refractivity contribution in [1.82, 2.24) is 0 Å². The van der Waals surface area contributed by atoms with Gasteiger partial charge in [0.05, 0.1) is 27.7 Å². The highest BCUT2D eigenvalue weighted by Crippen LogP contribution is 2.31. The van der Waals surface area contributed by atoms with Crippen LogP contribution >= 0.6 is 23.2 Å². The maximum Gasteiger partial charge on any atom is 0.248 e. The van der Waals surface area contributed by atoms with Crippen LogP contribution in [0.2, 0.25) is 10.0 Å². The zero-order valence-corrected chi connectivity index (χ0v) is 17.2. The third-order valence-corrected chi connectivity index (χ3v) is 5.92. The maximum absolute atomic E-state index is 12.7. The van der Waals surface area contributed by atoms with E-state index in [9.17, 15) is 13.2 Å². The van der Waals surface area contributed by atoms with Crippen LogP contribution in [0.5, 0.6) is 0 Å². The fourth-order valence-corrected chi connectivity index (χ4v) is 4.17. The van der Waals surface area contributed by atoms with E-state index in [4.69, 9.17) is 23.2 Å². The average molecular weight is 415 g/mol. The van der Waals surface area contributed by atoms with Crippen molar-refractivity contribution in [3.8, 4) is 0 Å². The molecule has 0 aliphatic rings. The van der Waals surface area contributed by atoms with Gasteiger partial charge in [0.2, 0.25) is 15.9 Å². The topological polar surface area (TPSA) is 66.5 Å². The Morgan fingerprint density at radius 2 is 1.65 bits per heavy atom. The van der Waals surface area contributed by atoms with E-state index in [-0.39, 0.29) is 15.7 Å². The van der Waals surface area contributed by atoms with Crippen molar-refractivity contribution in [3.05, 3.63) is 57.6 Å². The number of sulfonamides is 1. The number of carbonyl (C=O) groups is 1. The fourth-order valence-electron chi connectivity index (χ4n) is 2.52. The first-order valence-corrected chi connectivity index (χ1v) is 10.4. The van der Waals surface area contributed by atoms with E-state index in [0.717, 1.165) is 21.7 Å². The lowest BCUT2D eigenvalue weighted by molar-refractivity contribution is -0.116. The molecular weight excluding hydrogens is 395 g/mol. The molecule has 1 amide bonds. The van der Waals surface area contributed by atoms with Crippen LogP contribution in [0.4, 0.5) is 11.4 Å². The largest absolute Gasteiger partial charge is 0.322 e. The van der Waals surface area contributed by atoms with Gasteiger partial charge in [-0.15, -0.1) is 0 Å². The quantitative estimate of drug-likeness (QED) is 0.787. The molecule has 0 radical (unpaired) electrons. The van der Waals surface area contributed by atoms with E-state index in [2.05, 4.69) is 5.32 Å². The van der Waals surface area contributed by atoms with E-state index in [1.54, 1.807) is 30.3 Å². The maximum atomic E-state index is 12.7. The molecule has 0 saturated carbocycles. The first-order valence-electron chi connectivity index (χ1n) is 7.84. The van der Waals surface area contributed by atoms with Gasteiger partial charge in [0.25, 0.3) is 0 Å². The molecule has 0 fully saturated rings. The van der Waals surface area contributed by atoms with E-state index in [0.29, 0.717) is 5.69 Å². The molecule has 2 aromatic rings. The minimum absolute atomic E-state index is 0.251. The zero-order valence-electron chi connectivity index (χ0n) is 14.9. The van der Waals surface area contributed by atoms with Gasteiger partial charge in [0, 0.05) is 0 Å². The van der Waals surface area contributed by atoms with Gasteiger partial charge < -0.3 is 5.32 Å². The highest BCUT2D eigenvalue weighted by atomic mass is 35.5. The molecule has 1 N–H and O–H groups in total. The van der Waals surface area contributed by atoms with Crippen LogP contribution in [0, 0.1) is 13.8 Å². The molecule has 0 aliphatic carbocycles. The third-order valence-electron chi connectivity index (χ3n) is 4.04. The standard InChI is InChI=1S/C18H20Cl2N2O3S/c1-11-8-9-14(10-12(11)2)22(26(4,24)25)13(3)18(23)21-17-15(19)6-5-7-16(17)20/h5-10,13H,1-4H3,(H,21,23)/t13-/m0/s1. The Balaban J connectivity index is 2.39. The van der Waals surface area contributed by atoms with Crippen molar-refractivity contribution in [3.63, 3.8) is 0 Å². The lowest BCUT2D eigenvalue weighted by atomic mass is 10.1. The average Bonchev–Trinajstić information content (AvgIpc) is 2.53. The molecule has 0 aromatic heterocycles. The SMILES string of the molecule is Cc1ccc(N([C@@H](C)C(=O)Nc2c(Cl)cccc2Cl)S(C)(=O)=O)cc1C. The summed E-state index contributed by atoms with van der Waals surface area (Å²) < 4.78 is 25.8.